The van der Waals surface area contributed by atoms with Gasteiger partial charge in [-0.3, -0.25) is 9.69 Å². The van der Waals surface area contributed by atoms with E-state index in [0.717, 1.165) is 13.0 Å². The molecule has 0 aromatic rings. The third-order valence-corrected chi connectivity index (χ3v) is 3.82. The zero-order valence-electron chi connectivity index (χ0n) is 11.6. The molecule has 1 rings (SSSR count). The molecule has 1 fully saturated rings. The first-order valence-corrected chi connectivity index (χ1v) is 6.27. The van der Waals surface area contributed by atoms with Crippen LogP contribution in [0.15, 0.2) is 0 Å². The second kappa shape index (κ2) is 5.36. The highest BCUT2D eigenvalue weighted by atomic mass is 16.5. The molecule has 0 amide bonds. The number of ether oxygens (including phenoxy) is 1. The van der Waals surface area contributed by atoms with Gasteiger partial charge in [-0.25, -0.2) is 0 Å². The fraction of sp³-hybridized carbons (Fsp3) is 0.923. The van der Waals surface area contributed by atoms with E-state index in [4.69, 9.17) is 4.74 Å². The molecule has 0 aromatic carbocycles. The normalized spacial score (nSPS) is 28.8. The van der Waals surface area contributed by atoms with Crippen molar-refractivity contribution in [3.63, 3.8) is 0 Å². The molecular formula is C13H25NO3. The zero-order valence-corrected chi connectivity index (χ0v) is 11.6. The second-order valence-electron chi connectivity index (χ2n) is 6.02. The standard InChI is InChI=1S/C13H25NO3/c1-9(12(16)17-5)14-7-6-10(11(15)8-14)13(2,3)4/h9-11,15H,6-8H2,1-5H3/t9-,10-,11+/m0/s1. The van der Waals surface area contributed by atoms with Crippen LogP contribution in [-0.2, 0) is 9.53 Å². The van der Waals surface area contributed by atoms with Crippen molar-refractivity contribution < 1.29 is 14.6 Å². The van der Waals surface area contributed by atoms with E-state index in [1.807, 2.05) is 11.8 Å². The summed E-state index contributed by atoms with van der Waals surface area (Å²) < 4.78 is 4.73. The second-order valence-corrected chi connectivity index (χ2v) is 6.02. The van der Waals surface area contributed by atoms with Gasteiger partial charge in [0.15, 0.2) is 0 Å². The van der Waals surface area contributed by atoms with E-state index in [2.05, 4.69) is 20.8 Å². The average Bonchev–Trinajstić information content (AvgIpc) is 2.25. The van der Waals surface area contributed by atoms with Crippen molar-refractivity contribution in [2.24, 2.45) is 11.3 Å². The van der Waals surface area contributed by atoms with Gasteiger partial charge in [-0.1, -0.05) is 20.8 Å². The summed E-state index contributed by atoms with van der Waals surface area (Å²) in [7, 11) is 1.40. The number of rotatable bonds is 2. The number of β-amino-alcohol motifs (C(OH)–C–C–N with tert-alkyl or cyclic N) is 1. The lowest BCUT2D eigenvalue weighted by Crippen LogP contribution is -2.52. The number of aliphatic hydroxyl groups excluding tert-OH is 1. The van der Waals surface area contributed by atoms with Gasteiger partial charge in [-0.15, -0.1) is 0 Å². The molecule has 4 nitrogen and oxygen atoms in total. The Kier molecular flexibility index (Phi) is 4.55. The van der Waals surface area contributed by atoms with Gasteiger partial charge in [-0.2, -0.15) is 0 Å². The van der Waals surface area contributed by atoms with Crippen molar-refractivity contribution in [2.45, 2.75) is 46.3 Å². The molecular weight excluding hydrogens is 218 g/mol. The number of hydrogen-bond acceptors (Lipinski definition) is 4. The molecule has 0 unspecified atom stereocenters. The SMILES string of the molecule is COC(=O)[C@H](C)N1CC[C@H](C(C)(C)C)[C@H](O)C1. The molecule has 1 aliphatic heterocycles. The number of aliphatic hydroxyl groups is 1. The molecule has 100 valence electrons. The molecule has 0 saturated carbocycles. The molecule has 3 atom stereocenters. The lowest BCUT2D eigenvalue weighted by molar-refractivity contribution is -0.148. The Morgan fingerprint density at radius 1 is 1.47 bits per heavy atom. The van der Waals surface area contributed by atoms with Crippen LogP contribution in [0.3, 0.4) is 0 Å². The Labute approximate surface area is 104 Å². The fourth-order valence-electron chi connectivity index (χ4n) is 2.64. The Morgan fingerprint density at radius 2 is 2.06 bits per heavy atom. The minimum atomic E-state index is -0.365. The molecule has 0 spiro atoms. The van der Waals surface area contributed by atoms with Gasteiger partial charge in [-0.05, 0) is 31.2 Å². The fourth-order valence-corrected chi connectivity index (χ4v) is 2.64. The minimum Gasteiger partial charge on any atom is -0.468 e. The number of carbonyl (C=O) groups is 1. The Morgan fingerprint density at radius 3 is 2.47 bits per heavy atom. The first-order chi connectivity index (χ1) is 7.77. The van der Waals surface area contributed by atoms with Gasteiger partial charge in [0, 0.05) is 6.54 Å². The number of methoxy groups -OCH3 is 1. The highest BCUT2D eigenvalue weighted by Crippen LogP contribution is 2.35. The van der Waals surface area contributed by atoms with Crippen LogP contribution in [0.25, 0.3) is 0 Å². The highest BCUT2D eigenvalue weighted by Gasteiger charge is 2.38. The van der Waals surface area contributed by atoms with Crippen molar-refractivity contribution in [3.8, 4) is 0 Å². The third-order valence-electron chi connectivity index (χ3n) is 3.82. The Hall–Kier alpha value is -0.610. The Balaban J connectivity index is 2.61. The first-order valence-electron chi connectivity index (χ1n) is 6.27. The van der Waals surface area contributed by atoms with E-state index in [-0.39, 0.29) is 23.5 Å². The van der Waals surface area contributed by atoms with E-state index in [1.165, 1.54) is 7.11 Å². The summed E-state index contributed by atoms with van der Waals surface area (Å²) in [6.07, 6.45) is 0.558. The maximum atomic E-state index is 11.5. The van der Waals surface area contributed by atoms with Crippen LogP contribution in [0.1, 0.15) is 34.1 Å². The highest BCUT2D eigenvalue weighted by molar-refractivity contribution is 5.75. The van der Waals surface area contributed by atoms with Gasteiger partial charge in [0.2, 0.25) is 0 Å². The van der Waals surface area contributed by atoms with Crippen molar-refractivity contribution in [1.29, 1.82) is 0 Å². The van der Waals surface area contributed by atoms with Gasteiger partial charge >= 0.3 is 5.97 Å². The summed E-state index contributed by atoms with van der Waals surface area (Å²) in [5.74, 6) is 0.0648. The summed E-state index contributed by atoms with van der Waals surface area (Å²) in [4.78, 5) is 13.4. The zero-order chi connectivity index (χ0) is 13.2. The van der Waals surface area contributed by atoms with E-state index in [0.29, 0.717) is 12.5 Å². The first kappa shape index (κ1) is 14.5. The summed E-state index contributed by atoms with van der Waals surface area (Å²) in [6, 6.07) is -0.268. The molecule has 0 aromatic heterocycles. The summed E-state index contributed by atoms with van der Waals surface area (Å²) >= 11 is 0. The number of esters is 1. The van der Waals surface area contributed by atoms with Crippen LogP contribution in [0.4, 0.5) is 0 Å². The van der Waals surface area contributed by atoms with Gasteiger partial charge < -0.3 is 9.84 Å². The lowest BCUT2D eigenvalue weighted by atomic mass is 9.73. The predicted octanol–water partition coefficient (Wildman–Crippen LogP) is 1.28. The molecule has 1 aliphatic rings. The Bertz CT molecular complexity index is 272. The molecule has 4 heteroatoms. The molecule has 1 saturated heterocycles. The number of carbonyl (C=O) groups excluding carboxylic acids is 1. The van der Waals surface area contributed by atoms with Crippen molar-refractivity contribution in [1.82, 2.24) is 4.90 Å². The van der Waals surface area contributed by atoms with E-state index in [9.17, 15) is 9.90 Å². The van der Waals surface area contributed by atoms with Crippen LogP contribution in [-0.4, -0.2) is 48.3 Å². The topological polar surface area (TPSA) is 49.8 Å². The summed E-state index contributed by atoms with van der Waals surface area (Å²) in [5, 5.41) is 10.2. The van der Waals surface area contributed by atoms with E-state index in [1.54, 1.807) is 0 Å². The number of nitrogens with zero attached hydrogens (tertiary/aromatic N) is 1. The van der Waals surface area contributed by atoms with Crippen molar-refractivity contribution in [2.75, 3.05) is 20.2 Å². The number of likely N-dealkylation sites (tertiary alicyclic amines) is 1. The van der Waals surface area contributed by atoms with E-state index >= 15 is 0 Å². The lowest BCUT2D eigenvalue weighted by Gasteiger charge is -2.43. The number of hydrogen-bond donors (Lipinski definition) is 1. The average molecular weight is 243 g/mol. The van der Waals surface area contributed by atoms with Gasteiger partial charge in [0.1, 0.15) is 6.04 Å². The predicted molar refractivity (Wildman–Crippen MR) is 66.6 cm³/mol. The van der Waals surface area contributed by atoms with Crippen LogP contribution < -0.4 is 0 Å². The smallest absolute Gasteiger partial charge is 0.322 e. The minimum absolute atomic E-state index is 0.111. The van der Waals surface area contributed by atoms with Crippen LogP contribution in [0.5, 0.6) is 0 Å². The van der Waals surface area contributed by atoms with Crippen molar-refractivity contribution in [3.05, 3.63) is 0 Å². The monoisotopic (exact) mass is 243 g/mol. The largest absolute Gasteiger partial charge is 0.468 e. The maximum absolute atomic E-state index is 11.5. The molecule has 1 N–H and O–H groups in total. The summed E-state index contributed by atoms with van der Waals surface area (Å²) in [6.45, 7) is 9.68. The van der Waals surface area contributed by atoms with Crippen LogP contribution >= 0.6 is 0 Å². The quantitative estimate of drug-likeness (QED) is 0.742. The number of piperidine rings is 1. The third kappa shape index (κ3) is 3.42. The van der Waals surface area contributed by atoms with Crippen LogP contribution in [0.2, 0.25) is 0 Å². The molecule has 0 aliphatic carbocycles. The van der Waals surface area contributed by atoms with E-state index < -0.39 is 0 Å². The molecule has 0 bridgehead atoms. The van der Waals surface area contributed by atoms with Crippen molar-refractivity contribution >= 4 is 5.97 Å². The molecule has 0 radical (unpaired) electrons. The molecule has 17 heavy (non-hydrogen) atoms. The van der Waals surface area contributed by atoms with Crippen LogP contribution in [0, 0.1) is 11.3 Å². The van der Waals surface area contributed by atoms with Gasteiger partial charge in [0.05, 0.1) is 13.2 Å². The maximum Gasteiger partial charge on any atom is 0.322 e. The summed E-state index contributed by atoms with van der Waals surface area (Å²) in [5.41, 5.74) is 0.111. The van der Waals surface area contributed by atoms with Gasteiger partial charge in [0.25, 0.3) is 0 Å². The molecule has 1 heterocycles.